The summed E-state index contributed by atoms with van der Waals surface area (Å²) in [5, 5.41) is 6.09. The van der Waals surface area contributed by atoms with Crippen LogP contribution < -0.4 is 4.72 Å². The number of aromatic nitrogens is 1. The molecule has 5 nitrogen and oxygen atoms in total. The zero-order valence-corrected chi connectivity index (χ0v) is 14.7. The molecule has 120 valence electrons. The van der Waals surface area contributed by atoms with Gasteiger partial charge in [-0.05, 0) is 38.1 Å². The van der Waals surface area contributed by atoms with Gasteiger partial charge in [0.1, 0.15) is 4.21 Å². The summed E-state index contributed by atoms with van der Waals surface area (Å²) in [7, 11) is -3.68. The van der Waals surface area contributed by atoms with Crippen LogP contribution in [0.5, 0.6) is 0 Å². The first-order valence-corrected chi connectivity index (χ1v) is 9.41. The Morgan fingerprint density at radius 1 is 1.26 bits per heavy atom. The second-order valence-electron chi connectivity index (χ2n) is 4.99. The van der Waals surface area contributed by atoms with Crippen LogP contribution in [0.25, 0.3) is 11.3 Å². The van der Waals surface area contributed by atoms with E-state index in [0.717, 1.165) is 22.6 Å². The maximum Gasteiger partial charge on any atom is 0.271 e. The monoisotopic (exact) mass is 368 g/mol. The van der Waals surface area contributed by atoms with Crippen LogP contribution >= 0.6 is 22.9 Å². The second-order valence-corrected chi connectivity index (χ2v) is 8.25. The lowest BCUT2D eigenvalue weighted by atomic mass is 10.1. The quantitative estimate of drug-likeness (QED) is 0.737. The van der Waals surface area contributed by atoms with E-state index >= 15 is 0 Å². The highest BCUT2D eigenvalue weighted by atomic mass is 35.5. The Morgan fingerprint density at radius 2 is 2.04 bits per heavy atom. The number of nitrogens with one attached hydrogen (secondary N) is 1. The lowest BCUT2D eigenvalue weighted by Gasteiger charge is -2.06. The Balaban J connectivity index is 1.91. The first kappa shape index (κ1) is 16.0. The molecule has 0 bridgehead atoms. The van der Waals surface area contributed by atoms with Gasteiger partial charge in [-0.1, -0.05) is 22.8 Å². The zero-order chi connectivity index (χ0) is 16.6. The van der Waals surface area contributed by atoms with Crippen LogP contribution in [-0.2, 0) is 10.0 Å². The third-order valence-corrected chi connectivity index (χ3v) is 6.39. The highest BCUT2D eigenvalue weighted by Crippen LogP contribution is 2.32. The standard InChI is InChI=1S/C15H13ClN2O3S2/c1-9-10(2)17-21-15(9)11-6-14(22-8-11)23(19,20)18-13-5-3-4-12(16)7-13/h3-8,18H,1-2H3. The molecule has 8 heteroatoms. The van der Waals surface area contributed by atoms with Gasteiger partial charge in [-0.2, -0.15) is 0 Å². The summed E-state index contributed by atoms with van der Waals surface area (Å²) in [6.07, 6.45) is 0. The predicted molar refractivity (Wildman–Crippen MR) is 91.6 cm³/mol. The van der Waals surface area contributed by atoms with Crippen LogP contribution in [0.4, 0.5) is 5.69 Å². The predicted octanol–water partition coefficient (Wildman–Crippen LogP) is 4.47. The molecule has 0 amide bonds. The zero-order valence-electron chi connectivity index (χ0n) is 12.3. The molecule has 0 fully saturated rings. The summed E-state index contributed by atoms with van der Waals surface area (Å²) in [5.41, 5.74) is 2.79. The van der Waals surface area contributed by atoms with Crippen LogP contribution in [0.3, 0.4) is 0 Å². The van der Waals surface area contributed by atoms with Crippen molar-refractivity contribution in [3.63, 3.8) is 0 Å². The Morgan fingerprint density at radius 3 is 2.70 bits per heavy atom. The molecule has 1 aromatic carbocycles. The maximum atomic E-state index is 12.5. The van der Waals surface area contributed by atoms with Gasteiger partial charge in [-0.15, -0.1) is 11.3 Å². The van der Waals surface area contributed by atoms with Crippen LogP contribution in [-0.4, -0.2) is 13.6 Å². The molecule has 2 heterocycles. The van der Waals surface area contributed by atoms with Crippen molar-refractivity contribution in [1.29, 1.82) is 0 Å². The molecule has 0 atom stereocenters. The average Bonchev–Trinajstić information content (AvgIpc) is 3.07. The molecular weight excluding hydrogens is 356 g/mol. The fraction of sp³-hybridized carbons (Fsp3) is 0.133. The van der Waals surface area contributed by atoms with E-state index in [9.17, 15) is 8.42 Å². The minimum atomic E-state index is -3.68. The molecule has 0 unspecified atom stereocenters. The van der Waals surface area contributed by atoms with Gasteiger partial charge in [0.25, 0.3) is 10.0 Å². The minimum absolute atomic E-state index is 0.195. The lowest BCUT2D eigenvalue weighted by molar-refractivity contribution is 0.427. The van der Waals surface area contributed by atoms with E-state index in [1.807, 2.05) is 13.8 Å². The third kappa shape index (κ3) is 3.26. The van der Waals surface area contributed by atoms with Crippen molar-refractivity contribution in [2.45, 2.75) is 18.1 Å². The Kier molecular flexibility index (Phi) is 4.18. The summed E-state index contributed by atoms with van der Waals surface area (Å²) in [5.74, 6) is 0.586. The molecule has 0 spiro atoms. The minimum Gasteiger partial charge on any atom is -0.356 e. The highest BCUT2D eigenvalue weighted by molar-refractivity contribution is 7.94. The van der Waals surface area contributed by atoms with Crippen molar-refractivity contribution < 1.29 is 12.9 Å². The van der Waals surface area contributed by atoms with E-state index in [4.69, 9.17) is 16.1 Å². The molecule has 3 rings (SSSR count). The first-order chi connectivity index (χ1) is 10.9. The molecule has 2 aromatic heterocycles. The molecule has 23 heavy (non-hydrogen) atoms. The van der Waals surface area contributed by atoms with Gasteiger partial charge in [0.2, 0.25) is 0 Å². The van der Waals surface area contributed by atoms with Crippen LogP contribution in [0.2, 0.25) is 5.02 Å². The smallest absolute Gasteiger partial charge is 0.271 e. The number of hydrogen-bond acceptors (Lipinski definition) is 5. The Bertz CT molecular complexity index is 961. The van der Waals surface area contributed by atoms with Gasteiger partial charge in [-0.25, -0.2) is 8.42 Å². The summed E-state index contributed by atoms with van der Waals surface area (Å²) in [6, 6.07) is 8.13. The van der Waals surface area contributed by atoms with Crippen molar-refractivity contribution in [1.82, 2.24) is 5.16 Å². The van der Waals surface area contributed by atoms with Crippen molar-refractivity contribution in [2.75, 3.05) is 4.72 Å². The number of thiophene rings is 1. The number of hydrogen-bond donors (Lipinski definition) is 1. The SMILES string of the molecule is Cc1noc(-c2csc(S(=O)(=O)Nc3cccc(Cl)c3)c2)c1C. The van der Waals surface area contributed by atoms with Crippen LogP contribution in [0, 0.1) is 13.8 Å². The fourth-order valence-electron chi connectivity index (χ4n) is 2.02. The molecular formula is C15H13ClN2O3S2. The summed E-state index contributed by atoms with van der Waals surface area (Å²) < 4.78 is 32.9. The number of benzene rings is 1. The van der Waals surface area contributed by atoms with Crippen LogP contribution in [0.1, 0.15) is 11.3 Å². The van der Waals surface area contributed by atoms with Gasteiger partial charge in [0.05, 0.1) is 11.4 Å². The molecule has 0 saturated heterocycles. The molecule has 0 aliphatic carbocycles. The van der Waals surface area contributed by atoms with Crippen molar-refractivity contribution in [3.05, 3.63) is 52.0 Å². The van der Waals surface area contributed by atoms with Crippen molar-refractivity contribution >= 4 is 38.6 Å². The number of nitrogens with zero attached hydrogens (tertiary/aromatic N) is 1. The number of halogens is 1. The molecule has 3 aromatic rings. The average molecular weight is 369 g/mol. The van der Waals surface area contributed by atoms with E-state index in [-0.39, 0.29) is 4.21 Å². The number of sulfonamides is 1. The lowest BCUT2D eigenvalue weighted by Crippen LogP contribution is -2.11. The third-order valence-electron chi connectivity index (χ3n) is 3.34. The van der Waals surface area contributed by atoms with Crippen LogP contribution in [0.15, 0.2) is 44.4 Å². The van der Waals surface area contributed by atoms with Gasteiger partial charge in [-0.3, -0.25) is 4.72 Å². The Hall–Kier alpha value is -1.83. The first-order valence-electron chi connectivity index (χ1n) is 6.67. The fourth-order valence-corrected chi connectivity index (χ4v) is 4.42. The Labute approximate surface area is 142 Å². The summed E-state index contributed by atoms with van der Waals surface area (Å²) in [4.78, 5) is 0. The number of aryl methyl sites for hydroxylation is 1. The molecule has 0 saturated carbocycles. The topological polar surface area (TPSA) is 72.2 Å². The van der Waals surface area contributed by atoms with Gasteiger partial charge >= 0.3 is 0 Å². The van der Waals surface area contributed by atoms with E-state index < -0.39 is 10.0 Å². The van der Waals surface area contributed by atoms with Gasteiger partial charge in [0.15, 0.2) is 5.76 Å². The van der Waals surface area contributed by atoms with Crippen molar-refractivity contribution in [3.8, 4) is 11.3 Å². The maximum absolute atomic E-state index is 12.5. The van der Waals surface area contributed by atoms with E-state index in [1.54, 1.807) is 35.7 Å². The van der Waals surface area contributed by atoms with Gasteiger partial charge in [0, 0.05) is 21.5 Å². The van der Waals surface area contributed by atoms with Crippen molar-refractivity contribution in [2.24, 2.45) is 0 Å². The van der Waals surface area contributed by atoms with Gasteiger partial charge < -0.3 is 4.52 Å². The van der Waals surface area contributed by atoms with E-state index in [0.29, 0.717) is 22.0 Å². The van der Waals surface area contributed by atoms with E-state index in [1.165, 1.54) is 0 Å². The molecule has 0 aliphatic heterocycles. The molecule has 1 N–H and O–H groups in total. The summed E-state index contributed by atoms with van der Waals surface area (Å²) >= 11 is 6.99. The normalized spacial score (nSPS) is 11.6. The number of rotatable bonds is 4. The highest BCUT2D eigenvalue weighted by Gasteiger charge is 2.20. The number of anilines is 1. The summed E-state index contributed by atoms with van der Waals surface area (Å²) in [6.45, 7) is 3.73. The largest absolute Gasteiger partial charge is 0.356 e. The molecule has 0 aliphatic rings. The second kappa shape index (κ2) is 5.99. The van der Waals surface area contributed by atoms with E-state index in [2.05, 4.69) is 9.88 Å². The molecule has 0 radical (unpaired) electrons.